The van der Waals surface area contributed by atoms with E-state index in [9.17, 15) is 9.90 Å². The van der Waals surface area contributed by atoms with Gasteiger partial charge >= 0.3 is 5.97 Å². The molecule has 0 aliphatic carbocycles. The molecule has 206 valence electrons. The molecule has 1 saturated heterocycles. The lowest BCUT2D eigenvalue weighted by Crippen LogP contribution is -2.31. The zero-order valence-electron chi connectivity index (χ0n) is 23.3. The van der Waals surface area contributed by atoms with Crippen LogP contribution in [0, 0.1) is 0 Å². The number of aromatic nitrogens is 1. The summed E-state index contributed by atoms with van der Waals surface area (Å²) in [5.41, 5.74) is 4.53. The molecule has 6 heteroatoms. The molecule has 1 aromatic heterocycles. The normalized spacial score (nSPS) is 17.7. The molecule has 2 atom stereocenters. The highest BCUT2D eigenvalue weighted by Crippen LogP contribution is 2.39. The molecule has 0 bridgehead atoms. The molecule has 0 spiro atoms. The van der Waals surface area contributed by atoms with Crippen LogP contribution in [0.3, 0.4) is 0 Å². The number of fused-ring (bicyclic) bond motifs is 1. The number of aliphatic hydroxyl groups excluding tert-OH is 1. The molecule has 2 unspecified atom stereocenters. The zero-order chi connectivity index (χ0) is 28.2. The van der Waals surface area contributed by atoms with Gasteiger partial charge in [-0.1, -0.05) is 87.6 Å². The highest BCUT2D eigenvalue weighted by Gasteiger charge is 2.25. The number of aliphatic hydroxyl groups is 1. The van der Waals surface area contributed by atoms with Gasteiger partial charge in [0.25, 0.3) is 0 Å². The Morgan fingerprint density at radius 1 is 0.875 bits per heavy atom. The van der Waals surface area contributed by atoms with Crippen molar-refractivity contribution in [2.45, 2.75) is 84.2 Å². The Labute approximate surface area is 245 Å². The minimum absolute atomic E-state index is 0.0531. The van der Waals surface area contributed by atoms with Crippen LogP contribution in [0.4, 0.5) is 0 Å². The maximum absolute atomic E-state index is 11.8. The van der Waals surface area contributed by atoms with Crippen LogP contribution >= 0.6 is 23.5 Å². The van der Waals surface area contributed by atoms with Crippen molar-refractivity contribution < 1.29 is 14.6 Å². The number of carbonyl (C=O) groups excluding carboxylic acids is 1. The fraction of sp³-hybridized carbons (Fsp3) is 0.294. The molecule has 5 rings (SSSR count). The third-order valence-corrected chi connectivity index (χ3v) is 9.21. The van der Waals surface area contributed by atoms with Gasteiger partial charge in [0.1, 0.15) is 6.10 Å². The summed E-state index contributed by atoms with van der Waals surface area (Å²) in [6.45, 7) is 8.81. The summed E-state index contributed by atoms with van der Waals surface area (Å²) >= 11 is 3.45. The number of esters is 1. The molecule has 1 aliphatic heterocycles. The van der Waals surface area contributed by atoms with Gasteiger partial charge in [0, 0.05) is 43.1 Å². The van der Waals surface area contributed by atoms with Crippen LogP contribution in [0.15, 0.2) is 98.6 Å². The van der Waals surface area contributed by atoms with Crippen molar-refractivity contribution >= 4 is 46.5 Å². The Bertz CT molecular complexity index is 1510. The zero-order valence-corrected chi connectivity index (χ0v) is 25.0. The predicted molar refractivity (Wildman–Crippen MR) is 165 cm³/mol. The molecular formula is C34H35NO3S2. The minimum atomic E-state index is -0.670. The average molecular weight is 570 g/mol. The fourth-order valence-corrected chi connectivity index (χ4v) is 6.57. The molecule has 1 N–H and O–H groups in total. The number of benzene rings is 3. The number of cyclic esters (lactones) is 1. The van der Waals surface area contributed by atoms with Gasteiger partial charge < -0.3 is 9.84 Å². The lowest BCUT2D eigenvalue weighted by molar-refractivity contribution is -0.156. The molecule has 0 radical (unpaired) electrons. The first kappa shape index (κ1) is 28.5. The number of hydrogen-bond donors (Lipinski definition) is 1. The van der Waals surface area contributed by atoms with Crippen molar-refractivity contribution in [3.63, 3.8) is 0 Å². The molecule has 2 heterocycles. The highest BCUT2D eigenvalue weighted by molar-refractivity contribution is 7.99. The van der Waals surface area contributed by atoms with E-state index >= 15 is 0 Å². The predicted octanol–water partition coefficient (Wildman–Crippen LogP) is 8.86. The van der Waals surface area contributed by atoms with Crippen LogP contribution < -0.4 is 0 Å². The standard InChI is InChI=1S/C34H35NO3S2/c1-21(2)23-6-11-28(12-7-23)39-30-15-16-31-32(19-30)35-20-25(5-10-27-17-26(36)18-33(37)38-27)34(31)40-29-13-8-24(9-14-29)22(3)4/h5-16,19-22,26-27,36H,17-18H2,1-4H3/b10-5+. The molecule has 0 amide bonds. The van der Waals surface area contributed by atoms with Crippen molar-refractivity contribution in [2.75, 3.05) is 0 Å². The van der Waals surface area contributed by atoms with Gasteiger partial charge in [-0.15, -0.1) is 0 Å². The van der Waals surface area contributed by atoms with Crippen molar-refractivity contribution in [1.29, 1.82) is 0 Å². The fourth-order valence-electron chi connectivity index (χ4n) is 4.69. The van der Waals surface area contributed by atoms with E-state index in [0.717, 1.165) is 31.2 Å². The van der Waals surface area contributed by atoms with Gasteiger partial charge in [-0.25, -0.2) is 0 Å². The molecule has 4 aromatic rings. The number of ether oxygens (including phenoxy) is 1. The summed E-state index contributed by atoms with van der Waals surface area (Å²) in [6.07, 6.45) is 5.05. The first-order chi connectivity index (χ1) is 19.2. The largest absolute Gasteiger partial charge is 0.458 e. The van der Waals surface area contributed by atoms with E-state index in [4.69, 9.17) is 9.72 Å². The minimum Gasteiger partial charge on any atom is -0.458 e. The Hall–Kier alpha value is -3.06. The smallest absolute Gasteiger partial charge is 0.309 e. The van der Waals surface area contributed by atoms with Crippen molar-refractivity contribution in [1.82, 2.24) is 4.98 Å². The Morgan fingerprint density at radius 2 is 1.48 bits per heavy atom. The summed E-state index contributed by atoms with van der Waals surface area (Å²) in [5.74, 6) is 0.624. The number of rotatable bonds is 8. The van der Waals surface area contributed by atoms with Gasteiger partial charge in [0.2, 0.25) is 0 Å². The van der Waals surface area contributed by atoms with Crippen LogP contribution in [0.25, 0.3) is 17.0 Å². The van der Waals surface area contributed by atoms with Crippen molar-refractivity contribution in [3.8, 4) is 0 Å². The molecule has 3 aromatic carbocycles. The summed E-state index contributed by atoms with van der Waals surface area (Å²) in [5, 5.41) is 11.1. The van der Waals surface area contributed by atoms with Crippen molar-refractivity contribution in [3.05, 3.63) is 95.7 Å². The van der Waals surface area contributed by atoms with Gasteiger partial charge in [-0.2, -0.15) is 0 Å². The summed E-state index contributed by atoms with van der Waals surface area (Å²) in [4.78, 5) is 21.2. The third-order valence-electron chi connectivity index (χ3n) is 7.05. The maximum Gasteiger partial charge on any atom is 0.309 e. The summed E-state index contributed by atoms with van der Waals surface area (Å²) < 4.78 is 5.44. The highest BCUT2D eigenvalue weighted by atomic mass is 32.2. The topological polar surface area (TPSA) is 59.4 Å². The Morgan fingerprint density at radius 3 is 2.08 bits per heavy atom. The van der Waals surface area contributed by atoms with Gasteiger partial charge in [-0.3, -0.25) is 9.78 Å². The molecular weight excluding hydrogens is 535 g/mol. The second-order valence-corrected chi connectivity index (χ2v) is 13.1. The van der Waals surface area contributed by atoms with E-state index in [1.54, 1.807) is 23.5 Å². The maximum atomic E-state index is 11.8. The van der Waals surface area contributed by atoms with Gasteiger partial charge in [0.15, 0.2) is 0 Å². The molecule has 1 aliphatic rings. The SMILES string of the molecule is CC(C)c1ccc(Sc2ccc3c(Sc4ccc(C(C)C)cc4)c(/C=C/C4CC(O)CC(=O)O4)cnc3c2)cc1. The van der Waals surface area contributed by atoms with Crippen LogP contribution in [0.2, 0.25) is 0 Å². The summed E-state index contributed by atoms with van der Waals surface area (Å²) in [6, 6.07) is 23.9. The van der Waals surface area contributed by atoms with E-state index in [1.165, 1.54) is 16.0 Å². The number of nitrogens with zero attached hydrogens (tertiary/aromatic N) is 1. The third kappa shape index (κ3) is 6.98. The second-order valence-electron chi connectivity index (χ2n) is 10.9. The second kappa shape index (κ2) is 12.6. The molecule has 4 nitrogen and oxygen atoms in total. The van der Waals surface area contributed by atoms with Crippen LogP contribution in [0.1, 0.15) is 69.1 Å². The molecule has 0 saturated carbocycles. The Balaban J connectivity index is 1.47. The van der Waals surface area contributed by atoms with Crippen LogP contribution in [-0.2, 0) is 9.53 Å². The average Bonchev–Trinajstić information content (AvgIpc) is 2.92. The van der Waals surface area contributed by atoms with E-state index in [-0.39, 0.29) is 12.4 Å². The first-order valence-electron chi connectivity index (χ1n) is 13.8. The van der Waals surface area contributed by atoms with Crippen molar-refractivity contribution in [2.24, 2.45) is 0 Å². The van der Waals surface area contributed by atoms with E-state index in [1.807, 2.05) is 18.3 Å². The lowest BCUT2D eigenvalue weighted by Gasteiger charge is -2.23. The Kier molecular flexibility index (Phi) is 8.99. The quantitative estimate of drug-likeness (QED) is 0.214. The number of hydrogen-bond acceptors (Lipinski definition) is 6. The van der Waals surface area contributed by atoms with Crippen LogP contribution in [-0.4, -0.2) is 28.3 Å². The van der Waals surface area contributed by atoms with Gasteiger partial charge in [0.05, 0.1) is 18.0 Å². The monoisotopic (exact) mass is 569 g/mol. The van der Waals surface area contributed by atoms with E-state index < -0.39 is 12.2 Å². The van der Waals surface area contributed by atoms with E-state index in [2.05, 4.69) is 94.4 Å². The first-order valence-corrected chi connectivity index (χ1v) is 15.4. The van der Waals surface area contributed by atoms with E-state index in [0.29, 0.717) is 18.3 Å². The number of carbonyl (C=O) groups is 1. The number of pyridine rings is 1. The summed E-state index contributed by atoms with van der Waals surface area (Å²) in [7, 11) is 0. The molecule has 40 heavy (non-hydrogen) atoms. The molecule has 1 fully saturated rings. The van der Waals surface area contributed by atoms with Gasteiger partial charge in [-0.05, 0) is 65.4 Å². The van der Waals surface area contributed by atoms with Crippen LogP contribution in [0.5, 0.6) is 0 Å². The lowest BCUT2D eigenvalue weighted by atomic mass is 10.0.